The van der Waals surface area contributed by atoms with Gasteiger partial charge in [0.05, 0.1) is 11.1 Å². The lowest BCUT2D eigenvalue weighted by atomic mass is 9.93. The van der Waals surface area contributed by atoms with Crippen LogP contribution in [0.2, 0.25) is 0 Å². The minimum absolute atomic E-state index is 0.171. The van der Waals surface area contributed by atoms with E-state index in [1.807, 2.05) is 0 Å². The molecule has 0 atom stereocenters. The summed E-state index contributed by atoms with van der Waals surface area (Å²) in [4.78, 5) is 11.0. The third-order valence-corrected chi connectivity index (χ3v) is 2.92. The minimum atomic E-state index is -0.975. The molecule has 0 radical (unpaired) electrons. The molecular formula is C13H17BrO3. The van der Waals surface area contributed by atoms with E-state index >= 15 is 0 Å². The second-order valence-corrected chi connectivity index (χ2v) is 5.94. The van der Waals surface area contributed by atoms with Crippen LogP contribution in [0, 0.1) is 5.41 Å². The Hall–Kier alpha value is -1.03. The summed E-state index contributed by atoms with van der Waals surface area (Å²) in [7, 11) is 0. The van der Waals surface area contributed by atoms with Crippen LogP contribution in [0.3, 0.4) is 0 Å². The molecule has 0 aliphatic rings. The number of hydrogen-bond acceptors (Lipinski definition) is 2. The molecule has 0 aromatic heterocycles. The third-order valence-electron chi connectivity index (χ3n) is 2.30. The summed E-state index contributed by atoms with van der Waals surface area (Å²) in [6.45, 7) is 6.86. The van der Waals surface area contributed by atoms with E-state index in [9.17, 15) is 4.79 Å². The molecule has 0 heterocycles. The molecule has 3 nitrogen and oxygen atoms in total. The number of carbonyl (C=O) groups is 1. The van der Waals surface area contributed by atoms with Gasteiger partial charge in [0.2, 0.25) is 0 Å². The number of rotatable bonds is 4. The number of para-hydroxylation sites is 1. The zero-order valence-electron chi connectivity index (χ0n) is 10.3. The molecule has 0 unspecified atom stereocenters. The lowest BCUT2D eigenvalue weighted by Crippen LogP contribution is -2.12. The van der Waals surface area contributed by atoms with E-state index in [1.165, 1.54) is 0 Å². The molecule has 1 rings (SSSR count). The maximum Gasteiger partial charge on any atom is 0.339 e. The molecule has 17 heavy (non-hydrogen) atoms. The summed E-state index contributed by atoms with van der Waals surface area (Å²) in [6, 6.07) is 5.00. The third kappa shape index (κ3) is 4.38. The number of halogens is 1. The van der Waals surface area contributed by atoms with Gasteiger partial charge < -0.3 is 9.84 Å². The first-order valence-corrected chi connectivity index (χ1v) is 6.25. The van der Waals surface area contributed by atoms with Gasteiger partial charge in [0, 0.05) is 0 Å². The molecule has 0 saturated heterocycles. The molecule has 0 aliphatic heterocycles. The van der Waals surface area contributed by atoms with Crippen molar-refractivity contribution in [3.63, 3.8) is 0 Å². The Morgan fingerprint density at radius 2 is 2.06 bits per heavy atom. The van der Waals surface area contributed by atoms with E-state index in [4.69, 9.17) is 9.84 Å². The second-order valence-electron chi connectivity index (χ2n) is 5.08. The molecular weight excluding hydrogens is 284 g/mol. The molecule has 0 aliphatic carbocycles. The van der Waals surface area contributed by atoms with Crippen LogP contribution in [0.1, 0.15) is 37.6 Å². The van der Waals surface area contributed by atoms with Gasteiger partial charge >= 0.3 is 5.97 Å². The van der Waals surface area contributed by atoms with Crippen molar-refractivity contribution in [1.82, 2.24) is 0 Å². The largest absolute Gasteiger partial charge is 0.491 e. The van der Waals surface area contributed by atoms with Crippen LogP contribution in [0.25, 0.3) is 0 Å². The van der Waals surface area contributed by atoms with Crippen LogP contribution < -0.4 is 4.74 Å². The van der Waals surface area contributed by atoms with E-state index in [0.29, 0.717) is 16.8 Å². The lowest BCUT2D eigenvalue weighted by molar-refractivity contribution is 0.0691. The summed E-state index contributed by atoms with van der Waals surface area (Å²) in [5.41, 5.74) is 0.359. The number of benzene rings is 1. The Morgan fingerprint density at radius 1 is 1.41 bits per heavy atom. The number of hydrogen-bond donors (Lipinski definition) is 1. The van der Waals surface area contributed by atoms with Crippen LogP contribution in [0.5, 0.6) is 5.75 Å². The SMILES string of the molecule is CC(C)(C)CCOc1c(Br)cccc1C(=O)O. The standard InChI is InChI=1S/C13H17BrO3/c1-13(2,3)7-8-17-11-9(12(15)16)5-4-6-10(11)14/h4-6H,7-8H2,1-3H3,(H,15,16). The Bertz CT molecular complexity index is 408. The first-order chi connectivity index (χ1) is 7.81. The van der Waals surface area contributed by atoms with Gasteiger partial charge in [-0.3, -0.25) is 0 Å². The van der Waals surface area contributed by atoms with Gasteiger partial charge in [0.25, 0.3) is 0 Å². The van der Waals surface area contributed by atoms with Crippen LogP contribution >= 0.6 is 15.9 Å². The highest BCUT2D eigenvalue weighted by atomic mass is 79.9. The van der Waals surface area contributed by atoms with Gasteiger partial charge in [0.15, 0.2) is 0 Å². The summed E-state index contributed by atoms with van der Waals surface area (Å²) in [5.74, 6) is -0.568. The van der Waals surface area contributed by atoms with E-state index in [1.54, 1.807) is 18.2 Å². The molecule has 0 bridgehead atoms. The van der Waals surface area contributed by atoms with Gasteiger partial charge in [-0.15, -0.1) is 0 Å². The van der Waals surface area contributed by atoms with Crippen molar-refractivity contribution in [3.8, 4) is 5.75 Å². The Balaban J connectivity index is 2.79. The molecule has 0 spiro atoms. The van der Waals surface area contributed by atoms with E-state index in [0.717, 1.165) is 6.42 Å². The molecule has 1 aromatic rings. The van der Waals surface area contributed by atoms with Gasteiger partial charge in [-0.1, -0.05) is 26.8 Å². The average Bonchev–Trinajstić information content (AvgIpc) is 2.18. The lowest BCUT2D eigenvalue weighted by Gasteiger charge is -2.19. The fourth-order valence-electron chi connectivity index (χ4n) is 1.28. The Labute approximate surface area is 110 Å². The van der Waals surface area contributed by atoms with Crippen molar-refractivity contribution in [2.24, 2.45) is 5.41 Å². The maximum absolute atomic E-state index is 11.0. The number of ether oxygens (including phenoxy) is 1. The molecule has 0 fully saturated rings. The van der Waals surface area contributed by atoms with Gasteiger partial charge in [-0.2, -0.15) is 0 Å². The average molecular weight is 301 g/mol. The summed E-state index contributed by atoms with van der Waals surface area (Å²) in [5, 5.41) is 9.05. The van der Waals surface area contributed by atoms with Crippen LogP contribution in [-0.4, -0.2) is 17.7 Å². The fourth-order valence-corrected chi connectivity index (χ4v) is 1.76. The Morgan fingerprint density at radius 3 is 2.59 bits per heavy atom. The minimum Gasteiger partial charge on any atom is -0.491 e. The maximum atomic E-state index is 11.0. The zero-order valence-corrected chi connectivity index (χ0v) is 11.9. The summed E-state index contributed by atoms with van der Waals surface area (Å²) >= 11 is 3.31. The van der Waals surface area contributed by atoms with Gasteiger partial charge in [-0.05, 0) is 39.9 Å². The summed E-state index contributed by atoms with van der Waals surface area (Å²) < 4.78 is 6.25. The van der Waals surface area contributed by atoms with Crippen LogP contribution in [0.4, 0.5) is 0 Å². The highest BCUT2D eigenvalue weighted by Crippen LogP contribution is 2.30. The van der Waals surface area contributed by atoms with Crippen molar-refractivity contribution >= 4 is 21.9 Å². The predicted octanol–water partition coefficient (Wildman–Crippen LogP) is 3.96. The molecule has 4 heteroatoms. The first-order valence-electron chi connectivity index (χ1n) is 5.46. The second kappa shape index (κ2) is 5.54. The molecule has 0 amide bonds. The van der Waals surface area contributed by atoms with E-state index in [2.05, 4.69) is 36.7 Å². The quantitative estimate of drug-likeness (QED) is 0.915. The number of carboxylic acid groups (broad SMARTS) is 1. The topological polar surface area (TPSA) is 46.5 Å². The van der Waals surface area contributed by atoms with Crippen LogP contribution in [-0.2, 0) is 0 Å². The van der Waals surface area contributed by atoms with E-state index in [-0.39, 0.29) is 11.0 Å². The monoisotopic (exact) mass is 300 g/mol. The molecule has 94 valence electrons. The van der Waals surface area contributed by atoms with Crippen molar-refractivity contribution in [2.45, 2.75) is 27.2 Å². The highest BCUT2D eigenvalue weighted by Gasteiger charge is 2.16. The zero-order chi connectivity index (χ0) is 13.1. The predicted molar refractivity (Wildman–Crippen MR) is 70.7 cm³/mol. The van der Waals surface area contributed by atoms with Gasteiger partial charge in [-0.25, -0.2) is 4.79 Å². The summed E-state index contributed by atoms with van der Waals surface area (Å²) in [6.07, 6.45) is 0.868. The van der Waals surface area contributed by atoms with Gasteiger partial charge in [0.1, 0.15) is 11.3 Å². The number of aromatic carboxylic acids is 1. The highest BCUT2D eigenvalue weighted by molar-refractivity contribution is 9.10. The van der Waals surface area contributed by atoms with E-state index < -0.39 is 5.97 Å². The smallest absolute Gasteiger partial charge is 0.339 e. The van der Waals surface area contributed by atoms with Crippen molar-refractivity contribution < 1.29 is 14.6 Å². The molecule has 1 N–H and O–H groups in total. The first kappa shape index (κ1) is 14.0. The Kier molecular flexibility index (Phi) is 4.57. The van der Waals surface area contributed by atoms with Crippen LogP contribution in [0.15, 0.2) is 22.7 Å². The van der Waals surface area contributed by atoms with Crippen molar-refractivity contribution in [1.29, 1.82) is 0 Å². The normalized spacial score (nSPS) is 11.3. The molecule has 0 saturated carbocycles. The number of carboxylic acids is 1. The fraction of sp³-hybridized carbons (Fsp3) is 0.462. The van der Waals surface area contributed by atoms with Crippen molar-refractivity contribution in [2.75, 3.05) is 6.61 Å². The van der Waals surface area contributed by atoms with Crippen molar-refractivity contribution in [3.05, 3.63) is 28.2 Å². The molecule has 1 aromatic carbocycles.